The fourth-order valence-corrected chi connectivity index (χ4v) is 2.41. The van der Waals surface area contributed by atoms with Crippen LogP contribution < -0.4 is 0 Å². The van der Waals surface area contributed by atoms with E-state index >= 15 is 0 Å². The standard InChI is InChI=1S/C14H10Cl2N2O/c1-8(19)14-11(6-18-7-13(14)16)9-2-3-10(5-17)12(15)4-9/h2-4,6-8,19H,1H3. The predicted octanol–water partition coefficient (Wildman–Crippen LogP) is 3.98. The normalized spacial score (nSPS) is 11.9. The monoisotopic (exact) mass is 292 g/mol. The number of benzene rings is 1. The Balaban J connectivity index is 2.63. The third-order valence-electron chi connectivity index (χ3n) is 2.76. The van der Waals surface area contributed by atoms with Crippen LogP contribution in [0.1, 0.15) is 24.2 Å². The average molecular weight is 293 g/mol. The molecule has 0 aliphatic carbocycles. The molecular weight excluding hydrogens is 283 g/mol. The van der Waals surface area contributed by atoms with Crippen molar-refractivity contribution in [2.75, 3.05) is 0 Å². The second-order valence-corrected chi connectivity index (χ2v) is 4.88. The SMILES string of the molecule is CC(O)c1c(Cl)cncc1-c1ccc(C#N)c(Cl)c1. The topological polar surface area (TPSA) is 56.9 Å². The van der Waals surface area contributed by atoms with Gasteiger partial charge in [0.05, 0.1) is 21.7 Å². The summed E-state index contributed by atoms with van der Waals surface area (Å²) in [7, 11) is 0. The molecule has 1 N–H and O–H groups in total. The minimum absolute atomic E-state index is 0.358. The highest BCUT2D eigenvalue weighted by Crippen LogP contribution is 2.34. The maximum atomic E-state index is 9.82. The predicted molar refractivity (Wildman–Crippen MR) is 75.0 cm³/mol. The lowest BCUT2D eigenvalue weighted by Crippen LogP contribution is -1.98. The summed E-state index contributed by atoms with van der Waals surface area (Å²) in [5, 5.41) is 19.4. The Morgan fingerprint density at radius 3 is 2.58 bits per heavy atom. The Morgan fingerprint density at radius 1 is 1.26 bits per heavy atom. The van der Waals surface area contributed by atoms with Crippen molar-refractivity contribution < 1.29 is 5.11 Å². The summed E-state index contributed by atoms with van der Waals surface area (Å²) in [5.41, 5.74) is 2.46. The first-order valence-corrected chi connectivity index (χ1v) is 6.31. The van der Waals surface area contributed by atoms with E-state index < -0.39 is 6.10 Å². The van der Waals surface area contributed by atoms with Gasteiger partial charge in [0.2, 0.25) is 0 Å². The third kappa shape index (κ3) is 2.71. The number of halogens is 2. The summed E-state index contributed by atoms with van der Waals surface area (Å²) in [6, 6.07) is 7.05. The number of aliphatic hydroxyl groups excluding tert-OH is 1. The molecule has 0 fully saturated rings. The van der Waals surface area contributed by atoms with Crippen LogP contribution in [0, 0.1) is 11.3 Å². The van der Waals surface area contributed by atoms with E-state index in [0.717, 1.165) is 5.56 Å². The van der Waals surface area contributed by atoms with Crippen molar-refractivity contribution in [3.63, 3.8) is 0 Å². The summed E-state index contributed by atoms with van der Waals surface area (Å²) in [5.74, 6) is 0. The molecule has 0 saturated heterocycles. The zero-order valence-corrected chi connectivity index (χ0v) is 11.6. The highest BCUT2D eigenvalue weighted by molar-refractivity contribution is 6.32. The van der Waals surface area contributed by atoms with Crippen LogP contribution in [0.15, 0.2) is 30.6 Å². The second kappa shape index (κ2) is 5.58. The third-order valence-corrected chi connectivity index (χ3v) is 3.37. The lowest BCUT2D eigenvalue weighted by atomic mass is 9.98. The number of hydrogen-bond acceptors (Lipinski definition) is 3. The molecule has 0 bridgehead atoms. The molecule has 96 valence electrons. The van der Waals surface area contributed by atoms with E-state index in [4.69, 9.17) is 28.5 Å². The van der Waals surface area contributed by atoms with Crippen molar-refractivity contribution in [2.24, 2.45) is 0 Å². The van der Waals surface area contributed by atoms with Crippen LogP contribution in [-0.2, 0) is 0 Å². The zero-order chi connectivity index (χ0) is 14.0. The molecule has 2 aromatic rings. The van der Waals surface area contributed by atoms with E-state index in [0.29, 0.717) is 26.7 Å². The van der Waals surface area contributed by atoms with E-state index in [1.165, 1.54) is 6.20 Å². The molecule has 0 saturated carbocycles. The molecule has 0 radical (unpaired) electrons. The quantitative estimate of drug-likeness (QED) is 0.911. The smallest absolute Gasteiger partial charge is 0.101 e. The fraction of sp³-hybridized carbons (Fsp3) is 0.143. The lowest BCUT2D eigenvalue weighted by molar-refractivity contribution is 0.200. The van der Waals surface area contributed by atoms with E-state index in [2.05, 4.69) is 4.98 Å². The molecule has 0 aliphatic rings. The first-order valence-electron chi connectivity index (χ1n) is 5.56. The number of aliphatic hydroxyl groups is 1. The van der Waals surface area contributed by atoms with Gasteiger partial charge in [-0.2, -0.15) is 5.26 Å². The number of aromatic nitrogens is 1. The molecule has 19 heavy (non-hydrogen) atoms. The van der Waals surface area contributed by atoms with Crippen molar-refractivity contribution in [2.45, 2.75) is 13.0 Å². The molecule has 2 rings (SSSR count). The number of rotatable bonds is 2. The van der Waals surface area contributed by atoms with Gasteiger partial charge in [-0.25, -0.2) is 0 Å². The summed E-state index contributed by atoms with van der Waals surface area (Å²) >= 11 is 12.1. The second-order valence-electron chi connectivity index (χ2n) is 4.06. The maximum absolute atomic E-state index is 9.82. The largest absolute Gasteiger partial charge is 0.389 e. The van der Waals surface area contributed by atoms with Gasteiger partial charge < -0.3 is 5.11 Å². The molecule has 1 heterocycles. The van der Waals surface area contributed by atoms with Gasteiger partial charge in [-0.3, -0.25) is 4.98 Å². The molecular formula is C14H10Cl2N2O. The number of nitrogens with zero attached hydrogens (tertiary/aromatic N) is 2. The van der Waals surface area contributed by atoms with E-state index in [9.17, 15) is 5.11 Å². The van der Waals surface area contributed by atoms with Gasteiger partial charge in [0, 0.05) is 23.5 Å². The summed E-state index contributed by atoms with van der Waals surface area (Å²) in [6.45, 7) is 1.63. The first kappa shape index (κ1) is 13.8. The highest BCUT2D eigenvalue weighted by atomic mass is 35.5. The van der Waals surface area contributed by atoms with Gasteiger partial charge in [0.1, 0.15) is 6.07 Å². The Kier molecular flexibility index (Phi) is 4.06. The molecule has 1 unspecified atom stereocenters. The van der Waals surface area contributed by atoms with Crippen LogP contribution in [0.3, 0.4) is 0 Å². The number of hydrogen-bond donors (Lipinski definition) is 1. The van der Waals surface area contributed by atoms with Crippen LogP contribution in [-0.4, -0.2) is 10.1 Å². The Labute approximate surface area is 121 Å². The molecule has 1 aromatic heterocycles. The summed E-state index contributed by atoms with van der Waals surface area (Å²) in [6.07, 6.45) is 2.38. The molecule has 1 aromatic carbocycles. The summed E-state index contributed by atoms with van der Waals surface area (Å²) in [4.78, 5) is 4.02. The van der Waals surface area contributed by atoms with Crippen molar-refractivity contribution in [1.82, 2.24) is 4.98 Å². The fourth-order valence-electron chi connectivity index (χ4n) is 1.87. The van der Waals surface area contributed by atoms with Gasteiger partial charge in [0.25, 0.3) is 0 Å². The van der Waals surface area contributed by atoms with Crippen molar-refractivity contribution in [3.8, 4) is 17.2 Å². The van der Waals surface area contributed by atoms with Crippen LogP contribution in [0.2, 0.25) is 10.0 Å². The van der Waals surface area contributed by atoms with Gasteiger partial charge in [-0.15, -0.1) is 0 Å². The van der Waals surface area contributed by atoms with E-state index in [1.807, 2.05) is 6.07 Å². The lowest BCUT2D eigenvalue weighted by Gasteiger charge is -2.13. The molecule has 0 spiro atoms. The van der Waals surface area contributed by atoms with Gasteiger partial charge in [-0.05, 0) is 24.6 Å². The van der Waals surface area contributed by atoms with Crippen LogP contribution >= 0.6 is 23.2 Å². The average Bonchev–Trinajstić information content (AvgIpc) is 2.37. The molecule has 0 amide bonds. The molecule has 3 nitrogen and oxygen atoms in total. The minimum atomic E-state index is -0.722. The molecule has 1 atom stereocenters. The van der Waals surface area contributed by atoms with Crippen molar-refractivity contribution in [3.05, 3.63) is 51.8 Å². The highest BCUT2D eigenvalue weighted by Gasteiger charge is 2.15. The van der Waals surface area contributed by atoms with Crippen molar-refractivity contribution >= 4 is 23.2 Å². The Bertz CT molecular complexity index is 663. The number of nitriles is 1. The van der Waals surface area contributed by atoms with Gasteiger partial charge in [0.15, 0.2) is 0 Å². The van der Waals surface area contributed by atoms with Gasteiger partial charge >= 0.3 is 0 Å². The first-order chi connectivity index (χ1) is 9.04. The van der Waals surface area contributed by atoms with E-state index in [-0.39, 0.29) is 0 Å². The van der Waals surface area contributed by atoms with Crippen LogP contribution in [0.5, 0.6) is 0 Å². The maximum Gasteiger partial charge on any atom is 0.101 e. The van der Waals surface area contributed by atoms with E-state index in [1.54, 1.807) is 31.3 Å². The summed E-state index contributed by atoms with van der Waals surface area (Å²) < 4.78 is 0. The zero-order valence-electron chi connectivity index (χ0n) is 10.1. The van der Waals surface area contributed by atoms with Crippen LogP contribution in [0.25, 0.3) is 11.1 Å². The Hall–Kier alpha value is -1.60. The minimum Gasteiger partial charge on any atom is -0.389 e. The van der Waals surface area contributed by atoms with Crippen molar-refractivity contribution in [1.29, 1.82) is 5.26 Å². The number of pyridine rings is 1. The molecule has 5 heteroatoms. The van der Waals surface area contributed by atoms with Crippen LogP contribution in [0.4, 0.5) is 0 Å². The molecule has 0 aliphatic heterocycles. The Morgan fingerprint density at radius 2 is 2.00 bits per heavy atom. The van der Waals surface area contributed by atoms with Gasteiger partial charge in [-0.1, -0.05) is 29.3 Å².